The number of hydrogen-bond donors (Lipinski definition) is 1. The van der Waals surface area contributed by atoms with Crippen LogP contribution in [0, 0.1) is 0 Å². The number of rotatable bonds is 3. The number of nitrogens with two attached hydrogens (primary N) is 1. The zero-order valence-electron chi connectivity index (χ0n) is 9.94. The maximum atomic E-state index is 11.7. The molecule has 0 aliphatic carbocycles. The molecule has 0 amide bonds. The number of anilines is 1. The molecular weight excluding hydrogens is 258 g/mol. The monoisotopic (exact) mass is 271 g/mol. The van der Waals surface area contributed by atoms with Crippen molar-refractivity contribution in [3.05, 3.63) is 22.7 Å². The highest BCUT2D eigenvalue weighted by Gasteiger charge is 2.23. The molecule has 1 heterocycles. The molecule has 5 nitrogen and oxygen atoms in total. The van der Waals surface area contributed by atoms with Gasteiger partial charge in [-0.2, -0.15) is 0 Å². The highest BCUT2D eigenvalue weighted by Crippen LogP contribution is 2.33. The molecule has 18 heavy (non-hydrogen) atoms. The second-order valence-electron chi connectivity index (χ2n) is 3.97. The normalized spacial score (nSPS) is 18.7. The van der Waals surface area contributed by atoms with E-state index in [4.69, 9.17) is 26.8 Å². The van der Waals surface area contributed by atoms with Crippen molar-refractivity contribution in [2.24, 2.45) is 0 Å². The fourth-order valence-corrected chi connectivity index (χ4v) is 2.04. The van der Waals surface area contributed by atoms with Gasteiger partial charge in [-0.3, -0.25) is 0 Å². The first-order valence-electron chi connectivity index (χ1n) is 5.53. The molecule has 0 spiro atoms. The number of carbonyl (C=O) groups is 1. The smallest absolute Gasteiger partial charge is 0.341 e. The van der Waals surface area contributed by atoms with Crippen LogP contribution in [0.1, 0.15) is 16.8 Å². The van der Waals surface area contributed by atoms with Crippen LogP contribution in [0.4, 0.5) is 5.69 Å². The van der Waals surface area contributed by atoms with Gasteiger partial charge in [0.05, 0.1) is 25.3 Å². The molecule has 6 heteroatoms. The molecule has 2 rings (SSSR count). The second-order valence-corrected chi connectivity index (χ2v) is 4.38. The van der Waals surface area contributed by atoms with Gasteiger partial charge in [-0.25, -0.2) is 4.79 Å². The topological polar surface area (TPSA) is 70.8 Å². The third kappa shape index (κ3) is 2.68. The molecule has 1 saturated heterocycles. The van der Waals surface area contributed by atoms with Crippen molar-refractivity contribution in [3.63, 3.8) is 0 Å². The van der Waals surface area contributed by atoms with E-state index < -0.39 is 5.97 Å². The summed E-state index contributed by atoms with van der Waals surface area (Å²) < 4.78 is 15.6. The van der Waals surface area contributed by atoms with Gasteiger partial charge >= 0.3 is 5.97 Å². The van der Waals surface area contributed by atoms with E-state index in [1.165, 1.54) is 13.2 Å². The van der Waals surface area contributed by atoms with E-state index in [9.17, 15) is 4.79 Å². The number of benzene rings is 1. The van der Waals surface area contributed by atoms with Gasteiger partial charge in [-0.1, -0.05) is 11.6 Å². The summed E-state index contributed by atoms with van der Waals surface area (Å²) in [7, 11) is 1.29. The van der Waals surface area contributed by atoms with Gasteiger partial charge in [-0.15, -0.1) is 0 Å². The van der Waals surface area contributed by atoms with Gasteiger partial charge in [0, 0.05) is 12.1 Å². The molecule has 1 aromatic rings. The van der Waals surface area contributed by atoms with E-state index in [1.54, 1.807) is 6.07 Å². The summed E-state index contributed by atoms with van der Waals surface area (Å²) in [4.78, 5) is 11.7. The molecule has 1 unspecified atom stereocenters. The molecule has 98 valence electrons. The zero-order valence-corrected chi connectivity index (χ0v) is 10.7. The molecule has 0 radical (unpaired) electrons. The number of nitrogen functional groups attached to an aromatic ring is 1. The highest BCUT2D eigenvalue weighted by molar-refractivity contribution is 6.33. The lowest BCUT2D eigenvalue weighted by molar-refractivity contribution is 0.0591. The van der Waals surface area contributed by atoms with E-state index in [-0.39, 0.29) is 11.7 Å². The molecule has 1 aliphatic rings. The van der Waals surface area contributed by atoms with Crippen molar-refractivity contribution in [2.75, 3.05) is 26.1 Å². The Balaban J connectivity index is 2.33. The summed E-state index contributed by atoms with van der Waals surface area (Å²) in [6.07, 6.45) is 0.663. The fraction of sp³-hybridized carbons (Fsp3) is 0.417. The van der Waals surface area contributed by atoms with Gasteiger partial charge in [-0.05, 0) is 12.1 Å². The Bertz CT molecular complexity index is 458. The Kier molecular flexibility index (Phi) is 3.93. The Morgan fingerprint density at radius 1 is 1.56 bits per heavy atom. The van der Waals surface area contributed by atoms with Crippen LogP contribution >= 0.6 is 11.6 Å². The summed E-state index contributed by atoms with van der Waals surface area (Å²) >= 11 is 6.06. The lowest BCUT2D eigenvalue weighted by Crippen LogP contribution is -2.18. The minimum Gasteiger partial charge on any atom is -0.485 e. The third-order valence-electron chi connectivity index (χ3n) is 2.64. The number of carbonyl (C=O) groups excluding carboxylic acids is 1. The van der Waals surface area contributed by atoms with E-state index in [0.29, 0.717) is 29.7 Å². The Labute approximate surface area is 110 Å². The van der Waals surface area contributed by atoms with Crippen LogP contribution in [0.5, 0.6) is 5.75 Å². The molecule has 1 aliphatic heterocycles. The lowest BCUT2D eigenvalue weighted by Gasteiger charge is -2.16. The van der Waals surface area contributed by atoms with Crippen LogP contribution in [0.15, 0.2) is 12.1 Å². The van der Waals surface area contributed by atoms with Crippen molar-refractivity contribution < 1.29 is 19.0 Å². The van der Waals surface area contributed by atoms with Crippen molar-refractivity contribution in [2.45, 2.75) is 12.5 Å². The van der Waals surface area contributed by atoms with Crippen LogP contribution in [0.25, 0.3) is 0 Å². The molecule has 1 atom stereocenters. The summed E-state index contributed by atoms with van der Waals surface area (Å²) in [6.45, 7) is 1.13. The molecule has 0 aromatic heterocycles. The van der Waals surface area contributed by atoms with Gasteiger partial charge in [0.25, 0.3) is 0 Å². The van der Waals surface area contributed by atoms with E-state index >= 15 is 0 Å². The zero-order chi connectivity index (χ0) is 13.1. The largest absolute Gasteiger partial charge is 0.485 e. The van der Waals surface area contributed by atoms with Crippen LogP contribution in [0.3, 0.4) is 0 Å². The minimum absolute atomic E-state index is 0.102. The van der Waals surface area contributed by atoms with Crippen molar-refractivity contribution in [3.8, 4) is 5.75 Å². The molecule has 1 fully saturated rings. The average Bonchev–Trinajstić information content (AvgIpc) is 2.84. The van der Waals surface area contributed by atoms with Gasteiger partial charge < -0.3 is 19.9 Å². The molecule has 1 aromatic carbocycles. The molecular formula is C12H14ClNO4. The SMILES string of the molecule is COC(=O)c1cc(N)cc(Cl)c1OC1CCOC1. The van der Waals surface area contributed by atoms with Gasteiger partial charge in [0.1, 0.15) is 11.7 Å². The van der Waals surface area contributed by atoms with E-state index in [2.05, 4.69) is 4.74 Å². The third-order valence-corrected chi connectivity index (χ3v) is 2.92. The number of halogens is 1. The van der Waals surface area contributed by atoms with Crippen LogP contribution < -0.4 is 10.5 Å². The second kappa shape index (κ2) is 5.46. The number of hydrogen-bond acceptors (Lipinski definition) is 5. The Morgan fingerprint density at radius 3 is 2.94 bits per heavy atom. The first-order valence-corrected chi connectivity index (χ1v) is 5.91. The van der Waals surface area contributed by atoms with Crippen molar-refractivity contribution in [1.29, 1.82) is 0 Å². The lowest BCUT2D eigenvalue weighted by atomic mass is 10.1. The van der Waals surface area contributed by atoms with Crippen LogP contribution in [-0.4, -0.2) is 32.4 Å². The van der Waals surface area contributed by atoms with Gasteiger partial charge in [0.15, 0.2) is 5.75 Å². The Hall–Kier alpha value is -1.46. The first kappa shape index (κ1) is 13.0. The molecule has 0 saturated carbocycles. The standard InChI is InChI=1S/C12H14ClNO4/c1-16-12(15)9-4-7(14)5-10(13)11(9)18-8-2-3-17-6-8/h4-5,8H,2-3,6,14H2,1H3. The average molecular weight is 272 g/mol. The Morgan fingerprint density at radius 2 is 2.33 bits per heavy atom. The summed E-state index contributed by atoms with van der Waals surface area (Å²) in [5, 5.41) is 0.294. The number of methoxy groups -OCH3 is 1. The predicted octanol–water partition coefficient (Wildman–Crippen LogP) is 1.88. The number of ether oxygens (including phenoxy) is 3. The first-order chi connectivity index (χ1) is 8.61. The van der Waals surface area contributed by atoms with Crippen LogP contribution in [-0.2, 0) is 9.47 Å². The van der Waals surface area contributed by atoms with Crippen molar-refractivity contribution >= 4 is 23.3 Å². The predicted molar refractivity (Wildman–Crippen MR) is 67.1 cm³/mol. The molecule has 0 bridgehead atoms. The van der Waals surface area contributed by atoms with Crippen LogP contribution in [0.2, 0.25) is 5.02 Å². The summed E-state index contributed by atoms with van der Waals surface area (Å²) in [6, 6.07) is 3.03. The van der Waals surface area contributed by atoms with Gasteiger partial charge in [0.2, 0.25) is 0 Å². The minimum atomic E-state index is -0.530. The highest BCUT2D eigenvalue weighted by atomic mass is 35.5. The fourth-order valence-electron chi connectivity index (χ4n) is 1.77. The summed E-state index contributed by atoms with van der Waals surface area (Å²) in [5.74, 6) is -0.230. The quantitative estimate of drug-likeness (QED) is 0.671. The summed E-state index contributed by atoms with van der Waals surface area (Å²) in [5.41, 5.74) is 6.27. The number of esters is 1. The maximum absolute atomic E-state index is 11.7. The maximum Gasteiger partial charge on any atom is 0.341 e. The van der Waals surface area contributed by atoms with Crippen molar-refractivity contribution in [1.82, 2.24) is 0 Å². The molecule has 2 N–H and O–H groups in total. The van der Waals surface area contributed by atoms with E-state index in [1.807, 2.05) is 0 Å². The van der Waals surface area contributed by atoms with E-state index in [0.717, 1.165) is 6.42 Å².